The lowest BCUT2D eigenvalue weighted by molar-refractivity contribution is -0.144. The van der Waals surface area contributed by atoms with E-state index in [-0.39, 0.29) is 32.0 Å². The van der Waals surface area contributed by atoms with Crippen molar-refractivity contribution in [3.8, 4) is 0 Å². The molecule has 6 heteroatoms. The van der Waals surface area contributed by atoms with Crippen LogP contribution in [-0.2, 0) is 23.8 Å². The van der Waals surface area contributed by atoms with Crippen LogP contribution in [0.4, 0.5) is 4.79 Å². The molecule has 0 aliphatic rings. The highest BCUT2D eigenvalue weighted by atomic mass is 16.7. The molecule has 6 nitrogen and oxygen atoms in total. The number of unbranched alkanes of at least 4 members (excludes halogenated alkanes) is 1. The monoisotopic (exact) mass is 298 g/mol. The minimum absolute atomic E-state index is 0.120. The van der Waals surface area contributed by atoms with Gasteiger partial charge in [0.05, 0.1) is 6.61 Å². The number of allylic oxidation sites excluding steroid dienone is 1. The van der Waals surface area contributed by atoms with Gasteiger partial charge in [-0.2, -0.15) is 0 Å². The number of ketones is 1. The van der Waals surface area contributed by atoms with E-state index in [9.17, 15) is 14.4 Å². The van der Waals surface area contributed by atoms with Crippen molar-refractivity contribution in [2.75, 3.05) is 19.8 Å². The van der Waals surface area contributed by atoms with Crippen molar-refractivity contribution in [2.24, 2.45) is 0 Å². The third kappa shape index (κ3) is 12.7. The van der Waals surface area contributed by atoms with Crippen molar-refractivity contribution in [2.45, 2.75) is 32.6 Å². The van der Waals surface area contributed by atoms with Gasteiger partial charge >= 0.3 is 12.1 Å². The van der Waals surface area contributed by atoms with E-state index >= 15 is 0 Å². The molecule has 0 aromatic carbocycles. The first-order chi connectivity index (χ1) is 10.1. The minimum atomic E-state index is -0.699. The summed E-state index contributed by atoms with van der Waals surface area (Å²) in [5.74, 6) is -0.682. The van der Waals surface area contributed by atoms with Crippen LogP contribution in [-0.4, -0.2) is 37.7 Å². The Morgan fingerprint density at radius 1 is 1.05 bits per heavy atom. The largest absolute Gasteiger partial charge is 0.508 e. The fraction of sp³-hybridized carbons (Fsp3) is 0.533. The molecule has 0 aromatic rings. The maximum atomic E-state index is 11.4. The molecule has 0 aliphatic carbocycles. The second kappa shape index (κ2) is 12.9. The Kier molecular flexibility index (Phi) is 11.6. The number of hydrogen-bond acceptors (Lipinski definition) is 6. The van der Waals surface area contributed by atoms with Gasteiger partial charge in [-0.3, -0.25) is 9.59 Å². The zero-order chi connectivity index (χ0) is 15.9. The van der Waals surface area contributed by atoms with E-state index in [4.69, 9.17) is 9.47 Å². The molecule has 0 N–H and O–H groups in total. The van der Waals surface area contributed by atoms with Gasteiger partial charge in [0.15, 0.2) is 0 Å². The van der Waals surface area contributed by atoms with Gasteiger partial charge in [0.2, 0.25) is 0 Å². The number of hydrogen-bond donors (Lipinski definition) is 0. The van der Waals surface area contributed by atoms with E-state index < -0.39 is 12.1 Å². The number of carbonyl (C=O) groups excluding carboxylic acids is 3. The first-order valence-corrected chi connectivity index (χ1v) is 6.82. The summed E-state index contributed by atoms with van der Waals surface area (Å²) in [6.07, 6.45) is 5.64. The first kappa shape index (κ1) is 18.9. The van der Waals surface area contributed by atoms with Gasteiger partial charge in [-0.1, -0.05) is 24.8 Å². The van der Waals surface area contributed by atoms with E-state index in [1.54, 1.807) is 13.0 Å². The van der Waals surface area contributed by atoms with Crippen molar-refractivity contribution >= 4 is 17.9 Å². The van der Waals surface area contributed by atoms with Crippen LogP contribution >= 0.6 is 0 Å². The van der Waals surface area contributed by atoms with Gasteiger partial charge in [-0.05, 0) is 19.8 Å². The smallest absolute Gasteiger partial charge is 0.461 e. The number of carbonyl (C=O) groups is 3. The Bertz CT molecular complexity index is 372. The van der Waals surface area contributed by atoms with Gasteiger partial charge in [-0.15, -0.1) is 0 Å². The predicted molar refractivity (Wildman–Crippen MR) is 76.7 cm³/mol. The molecular formula is C15H22O6. The number of rotatable bonds is 11. The Balaban J connectivity index is 3.57. The van der Waals surface area contributed by atoms with Crippen LogP contribution < -0.4 is 0 Å². The van der Waals surface area contributed by atoms with Crippen LogP contribution in [0.1, 0.15) is 32.6 Å². The summed E-state index contributed by atoms with van der Waals surface area (Å²) in [6.45, 7) is 5.64. The summed E-state index contributed by atoms with van der Waals surface area (Å²) in [6, 6.07) is 0. The molecule has 0 fully saturated rings. The van der Waals surface area contributed by atoms with E-state index in [0.29, 0.717) is 19.3 Å². The van der Waals surface area contributed by atoms with Crippen LogP contribution in [0.2, 0.25) is 0 Å². The van der Waals surface area contributed by atoms with Crippen LogP contribution in [0.15, 0.2) is 24.8 Å². The van der Waals surface area contributed by atoms with Crippen LogP contribution in [0, 0.1) is 0 Å². The summed E-state index contributed by atoms with van der Waals surface area (Å²) >= 11 is 0. The van der Waals surface area contributed by atoms with Gasteiger partial charge in [0.1, 0.15) is 25.4 Å². The van der Waals surface area contributed by atoms with Crippen molar-refractivity contribution in [3.05, 3.63) is 24.8 Å². The second-order valence-corrected chi connectivity index (χ2v) is 4.04. The van der Waals surface area contributed by atoms with E-state index in [1.165, 1.54) is 6.08 Å². The van der Waals surface area contributed by atoms with E-state index in [2.05, 4.69) is 11.3 Å². The van der Waals surface area contributed by atoms with Gasteiger partial charge in [0.25, 0.3) is 0 Å². The topological polar surface area (TPSA) is 78.9 Å². The molecule has 0 heterocycles. The average Bonchev–Trinajstić information content (AvgIpc) is 2.44. The molecule has 0 saturated heterocycles. The van der Waals surface area contributed by atoms with Crippen LogP contribution in [0.3, 0.4) is 0 Å². The van der Waals surface area contributed by atoms with E-state index in [0.717, 1.165) is 0 Å². The predicted octanol–water partition coefficient (Wildman–Crippen LogP) is 2.57. The van der Waals surface area contributed by atoms with Gasteiger partial charge in [0, 0.05) is 6.42 Å². The highest BCUT2D eigenvalue weighted by Gasteiger charge is 2.09. The molecule has 0 unspecified atom stereocenters. The minimum Gasteiger partial charge on any atom is -0.461 e. The average molecular weight is 298 g/mol. The molecule has 0 spiro atoms. The lowest BCUT2D eigenvalue weighted by Gasteiger charge is -2.01. The molecule has 118 valence electrons. The number of ether oxygens (including phenoxy) is 3. The SMILES string of the molecule is C=CCOC(=O)CC(=O)CCC/C=C/COC(=O)OCC. The van der Waals surface area contributed by atoms with E-state index in [1.807, 2.05) is 6.08 Å². The number of esters is 1. The third-order valence-corrected chi connectivity index (χ3v) is 2.26. The van der Waals surface area contributed by atoms with Crippen molar-refractivity contribution < 1.29 is 28.6 Å². The molecule has 0 aliphatic heterocycles. The zero-order valence-electron chi connectivity index (χ0n) is 12.3. The summed E-state index contributed by atoms with van der Waals surface area (Å²) in [5.41, 5.74) is 0. The maximum Gasteiger partial charge on any atom is 0.508 e. The molecular weight excluding hydrogens is 276 g/mol. The summed E-state index contributed by atoms with van der Waals surface area (Å²) in [7, 11) is 0. The third-order valence-electron chi connectivity index (χ3n) is 2.26. The van der Waals surface area contributed by atoms with Gasteiger partial charge in [-0.25, -0.2) is 4.79 Å². The highest BCUT2D eigenvalue weighted by Crippen LogP contribution is 2.02. The Morgan fingerprint density at radius 2 is 1.81 bits per heavy atom. The standard InChI is InChI=1S/C15H22O6/c1-3-10-20-14(17)12-13(16)9-7-5-6-8-11-21-15(18)19-4-2/h3,6,8H,1,4-5,7,9-12H2,2H3/b8-6+. The first-order valence-electron chi connectivity index (χ1n) is 6.82. The summed E-state index contributed by atoms with van der Waals surface area (Å²) in [5, 5.41) is 0. The Labute approximate surface area is 124 Å². The fourth-order valence-corrected chi connectivity index (χ4v) is 1.33. The summed E-state index contributed by atoms with van der Waals surface area (Å²) in [4.78, 5) is 33.4. The molecule has 0 saturated carbocycles. The Morgan fingerprint density at radius 3 is 2.48 bits per heavy atom. The quantitative estimate of drug-likeness (QED) is 0.252. The lowest BCUT2D eigenvalue weighted by Crippen LogP contribution is -2.11. The zero-order valence-corrected chi connectivity index (χ0v) is 12.3. The van der Waals surface area contributed by atoms with Gasteiger partial charge < -0.3 is 14.2 Å². The Hall–Kier alpha value is -2.11. The normalized spacial score (nSPS) is 10.1. The molecule has 0 radical (unpaired) electrons. The molecule has 0 aromatic heterocycles. The molecule has 0 amide bonds. The molecule has 21 heavy (non-hydrogen) atoms. The molecule has 0 rings (SSSR count). The molecule has 0 bridgehead atoms. The van der Waals surface area contributed by atoms with Crippen LogP contribution in [0.25, 0.3) is 0 Å². The van der Waals surface area contributed by atoms with Crippen molar-refractivity contribution in [1.29, 1.82) is 0 Å². The maximum absolute atomic E-state index is 11.4. The van der Waals surface area contributed by atoms with Crippen molar-refractivity contribution in [1.82, 2.24) is 0 Å². The molecule has 0 atom stereocenters. The van der Waals surface area contributed by atoms with Crippen LogP contribution in [0.5, 0.6) is 0 Å². The summed E-state index contributed by atoms with van der Waals surface area (Å²) < 4.78 is 14.0. The van der Waals surface area contributed by atoms with Crippen molar-refractivity contribution in [3.63, 3.8) is 0 Å². The fourth-order valence-electron chi connectivity index (χ4n) is 1.33. The lowest BCUT2D eigenvalue weighted by atomic mass is 10.1. The highest BCUT2D eigenvalue weighted by molar-refractivity contribution is 5.95. The second-order valence-electron chi connectivity index (χ2n) is 4.04. The number of Topliss-reactive ketones (excluding diaryl/α,β-unsaturated/α-hetero) is 1.